The lowest BCUT2D eigenvalue weighted by Crippen LogP contribution is -2.30. The summed E-state index contributed by atoms with van der Waals surface area (Å²) in [5.41, 5.74) is 1.79. The highest BCUT2D eigenvalue weighted by molar-refractivity contribution is 5.52. The van der Waals surface area contributed by atoms with E-state index in [2.05, 4.69) is 24.8 Å². The molecular formula is C19H20F3N5. The predicted octanol–water partition coefficient (Wildman–Crippen LogP) is 2.95. The molecule has 142 valence electrons. The topological polar surface area (TPSA) is 45.2 Å². The molecule has 27 heavy (non-hydrogen) atoms. The van der Waals surface area contributed by atoms with Crippen LogP contribution >= 0.6 is 0 Å². The molecule has 0 spiro atoms. The zero-order valence-corrected chi connectivity index (χ0v) is 14.8. The van der Waals surface area contributed by atoms with Crippen molar-refractivity contribution in [1.29, 1.82) is 0 Å². The fraction of sp³-hybridized carbons (Fsp3) is 0.526. The SMILES string of the molecule is FC(F)(F)c1ccc(N2CC3CN(c4ncnc5c4CCC5)CC3C2)nc1. The second-order valence-corrected chi connectivity index (χ2v) is 7.71. The normalized spacial score (nSPS) is 24.4. The first-order valence-corrected chi connectivity index (χ1v) is 9.35. The average Bonchev–Trinajstić information content (AvgIpc) is 3.35. The highest BCUT2D eigenvalue weighted by Gasteiger charge is 2.42. The number of pyridine rings is 1. The third-order valence-electron chi connectivity index (χ3n) is 6.04. The number of aryl methyl sites for hydroxylation is 1. The molecule has 0 N–H and O–H groups in total. The summed E-state index contributed by atoms with van der Waals surface area (Å²) in [7, 11) is 0. The van der Waals surface area contributed by atoms with Crippen LogP contribution in [-0.2, 0) is 19.0 Å². The quantitative estimate of drug-likeness (QED) is 0.808. The van der Waals surface area contributed by atoms with Gasteiger partial charge < -0.3 is 9.80 Å². The summed E-state index contributed by atoms with van der Waals surface area (Å²) >= 11 is 0. The van der Waals surface area contributed by atoms with E-state index in [0.717, 1.165) is 63.5 Å². The Morgan fingerprint density at radius 2 is 1.63 bits per heavy atom. The fourth-order valence-electron chi connectivity index (χ4n) is 4.71. The average molecular weight is 375 g/mol. The molecule has 2 atom stereocenters. The Morgan fingerprint density at radius 3 is 2.30 bits per heavy atom. The molecule has 5 rings (SSSR count). The van der Waals surface area contributed by atoms with E-state index in [-0.39, 0.29) is 0 Å². The van der Waals surface area contributed by atoms with Gasteiger partial charge in [0.15, 0.2) is 0 Å². The molecule has 0 amide bonds. The van der Waals surface area contributed by atoms with E-state index in [0.29, 0.717) is 17.7 Å². The Balaban J connectivity index is 1.28. The van der Waals surface area contributed by atoms with Gasteiger partial charge in [-0.3, -0.25) is 0 Å². The second kappa shape index (κ2) is 6.07. The Labute approximate surface area is 155 Å². The van der Waals surface area contributed by atoms with Crippen molar-refractivity contribution in [3.05, 3.63) is 41.5 Å². The van der Waals surface area contributed by atoms with Gasteiger partial charge >= 0.3 is 6.18 Å². The number of hydrogen-bond donors (Lipinski definition) is 0. The standard InChI is InChI=1S/C19H20F3N5/c20-19(21,22)14-4-5-17(23-6-14)26-7-12-9-27(10-13(12)8-26)18-15-2-1-3-16(15)24-11-25-18/h4-6,11-13H,1-3,7-10H2. The van der Waals surface area contributed by atoms with Crippen LogP contribution < -0.4 is 9.80 Å². The largest absolute Gasteiger partial charge is 0.417 e. The predicted molar refractivity (Wildman–Crippen MR) is 94.7 cm³/mol. The maximum atomic E-state index is 12.7. The van der Waals surface area contributed by atoms with Crippen LogP contribution in [0.3, 0.4) is 0 Å². The van der Waals surface area contributed by atoms with Crippen molar-refractivity contribution in [2.45, 2.75) is 25.4 Å². The minimum Gasteiger partial charge on any atom is -0.356 e. The fourth-order valence-corrected chi connectivity index (χ4v) is 4.71. The summed E-state index contributed by atoms with van der Waals surface area (Å²) in [6.07, 6.45) is 1.50. The molecule has 5 nitrogen and oxygen atoms in total. The van der Waals surface area contributed by atoms with Crippen LogP contribution in [0.15, 0.2) is 24.7 Å². The molecule has 8 heteroatoms. The lowest BCUT2D eigenvalue weighted by molar-refractivity contribution is -0.137. The van der Waals surface area contributed by atoms with Gasteiger partial charge in [-0.05, 0) is 31.4 Å². The number of anilines is 2. The minimum atomic E-state index is -4.34. The van der Waals surface area contributed by atoms with Crippen molar-refractivity contribution in [2.24, 2.45) is 11.8 Å². The van der Waals surface area contributed by atoms with E-state index < -0.39 is 11.7 Å². The van der Waals surface area contributed by atoms with Crippen LogP contribution in [0.1, 0.15) is 23.2 Å². The van der Waals surface area contributed by atoms with E-state index in [4.69, 9.17) is 0 Å². The first-order valence-electron chi connectivity index (χ1n) is 9.35. The number of alkyl halides is 3. The molecule has 0 saturated carbocycles. The van der Waals surface area contributed by atoms with Crippen molar-refractivity contribution in [2.75, 3.05) is 36.0 Å². The smallest absolute Gasteiger partial charge is 0.356 e. The van der Waals surface area contributed by atoms with Gasteiger partial charge in [-0.25, -0.2) is 15.0 Å². The summed E-state index contributed by atoms with van der Waals surface area (Å²) in [6, 6.07) is 2.60. The molecule has 0 bridgehead atoms. The third-order valence-corrected chi connectivity index (χ3v) is 6.04. The van der Waals surface area contributed by atoms with Gasteiger partial charge in [-0.15, -0.1) is 0 Å². The van der Waals surface area contributed by atoms with Crippen molar-refractivity contribution in [3.63, 3.8) is 0 Å². The van der Waals surface area contributed by atoms with Crippen LogP contribution in [0.5, 0.6) is 0 Å². The van der Waals surface area contributed by atoms with E-state index in [1.165, 1.54) is 17.3 Å². The van der Waals surface area contributed by atoms with E-state index in [9.17, 15) is 13.2 Å². The van der Waals surface area contributed by atoms with Crippen LogP contribution in [0.25, 0.3) is 0 Å². The molecule has 2 aromatic heterocycles. The van der Waals surface area contributed by atoms with Crippen molar-refractivity contribution in [1.82, 2.24) is 15.0 Å². The lowest BCUT2D eigenvalue weighted by atomic mass is 10.0. The van der Waals surface area contributed by atoms with Gasteiger partial charge in [0.05, 0.1) is 5.56 Å². The van der Waals surface area contributed by atoms with E-state index in [1.54, 1.807) is 6.33 Å². The van der Waals surface area contributed by atoms with E-state index in [1.807, 2.05) is 0 Å². The van der Waals surface area contributed by atoms with Gasteiger partial charge in [0, 0.05) is 55.5 Å². The number of nitrogens with zero attached hydrogens (tertiary/aromatic N) is 5. The maximum absolute atomic E-state index is 12.7. The highest BCUT2D eigenvalue weighted by Crippen LogP contribution is 2.38. The summed E-state index contributed by atoms with van der Waals surface area (Å²) in [6.45, 7) is 3.52. The molecule has 1 aliphatic carbocycles. The molecule has 3 aliphatic rings. The van der Waals surface area contributed by atoms with Gasteiger partial charge in [0.2, 0.25) is 0 Å². The van der Waals surface area contributed by atoms with Gasteiger partial charge in [0.1, 0.15) is 18.0 Å². The monoisotopic (exact) mass is 375 g/mol. The van der Waals surface area contributed by atoms with Gasteiger partial charge in [-0.2, -0.15) is 13.2 Å². The second-order valence-electron chi connectivity index (χ2n) is 7.71. The molecule has 0 aromatic carbocycles. The van der Waals surface area contributed by atoms with Crippen LogP contribution in [0.4, 0.5) is 24.8 Å². The number of aromatic nitrogens is 3. The number of rotatable bonds is 2. The highest BCUT2D eigenvalue weighted by atomic mass is 19.4. The van der Waals surface area contributed by atoms with Gasteiger partial charge in [-0.1, -0.05) is 0 Å². The van der Waals surface area contributed by atoms with Crippen molar-refractivity contribution in [3.8, 4) is 0 Å². The van der Waals surface area contributed by atoms with Gasteiger partial charge in [0.25, 0.3) is 0 Å². The van der Waals surface area contributed by atoms with Crippen LogP contribution in [0, 0.1) is 11.8 Å². The Bertz CT molecular complexity index is 837. The zero-order chi connectivity index (χ0) is 18.6. The molecule has 2 unspecified atom stereocenters. The first kappa shape index (κ1) is 16.8. The minimum absolute atomic E-state index is 0.487. The molecule has 2 fully saturated rings. The number of hydrogen-bond acceptors (Lipinski definition) is 5. The van der Waals surface area contributed by atoms with Crippen LogP contribution in [-0.4, -0.2) is 41.1 Å². The number of fused-ring (bicyclic) bond motifs is 2. The molecule has 2 saturated heterocycles. The maximum Gasteiger partial charge on any atom is 0.417 e. The lowest BCUT2D eigenvalue weighted by Gasteiger charge is -2.24. The summed E-state index contributed by atoms with van der Waals surface area (Å²) < 4.78 is 38.1. The zero-order valence-electron chi connectivity index (χ0n) is 14.8. The Hall–Kier alpha value is -2.38. The van der Waals surface area contributed by atoms with Crippen LogP contribution in [0.2, 0.25) is 0 Å². The Morgan fingerprint density at radius 1 is 0.889 bits per heavy atom. The third kappa shape index (κ3) is 2.91. The molecule has 4 heterocycles. The van der Waals surface area contributed by atoms with Crippen molar-refractivity contribution >= 4 is 11.6 Å². The summed E-state index contributed by atoms with van der Waals surface area (Å²) in [4.78, 5) is 17.5. The molecule has 2 aliphatic heterocycles. The Kier molecular flexibility index (Phi) is 3.77. The molecule has 2 aromatic rings. The molecule has 0 radical (unpaired) electrons. The van der Waals surface area contributed by atoms with Crippen molar-refractivity contribution < 1.29 is 13.2 Å². The van der Waals surface area contributed by atoms with E-state index >= 15 is 0 Å². The summed E-state index contributed by atoms with van der Waals surface area (Å²) in [5, 5.41) is 0. The summed E-state index contributed by atoms with van der Waals surface area (Å²) in [5.74, 6) is 2.69. The molecular weight excluding hydrogens is 355 g/mol. The first-order chi connectivity index (χ1) is 13.0. The number of halogens is 3.